The van der Waals surface area contributed by atoms with Gasteiger partial charge >= 0.3 is 0 Å². The van der Waals surface area contributed by atoms with Crippen LogP contribution in [0.2, 0.25) is 0 Å². The third kappa shape index (κ3) is 4.69. The minimum Gasteiger partial charge on any atom is -0.393 e. The standard InChI is InChI=1S/C13H25N7O/c1-19-5-7-20(8-6-19)18-13-11(14)12(16-10-17-13)15-4-3-9-21-2/h10H,3-9,14H2,1-2H3,(H2,15,16,17,18). The van der Waals surface area contributed by atoms with Crippen LogP contribution in [0.3, 0.4) is 0 Å². The number of hydrogen-bond donors (Lipinski definition) is 3. The number of nitrogen functional groups attached to an aromatic ring is 1. The molecule has 0 aromatic carbocycles. The molecule has 1 saturated heterocycles. The summed E-state index contributed by atoms with van der Waals surface area (Å²) in [5.74, 6) is 1.32. The van der Waals surface area contributed by atoms with Crippen LogP contribution in [0, 0.1) is 0 Å². The molecule has 21 heavy (non-hydrogen) atoms. The molecule has 2 rings (SSSR count). The summed E-state index contributed by atoms with van der Waals surface area (Å²) in [7, 11) is 3.82. The Labute approximate surface area is 125 Å². The second-order valence-electron chi connectivity index (χ2n) is 5.16. The minimum atomic E-state index is 0.550. The minimum absolute atomic E-state index is 0.550. The van der Waals surface area contributed by atoms with E-state index in [0.29, 0.717) is 23.9 Å². The molecule has 1 aromatic heterocycles. The van der Waals surface area contributed by atoms with E-state index in [1.54, 1.807) is 7.11 Å². The van der Waals surface area contributed by atoms with Crippen LogP contribution in [0.15, 0.2) is 6.33 Å². The highest BCUT2D eigenvalue weighted by Gasteiger charge is 2.16. The van der Waals surface area contributed by atoms with E-state index >= 15 is 0 Å². The first-order valence-corrected chi connectivity index (χ1v) is 7.24. The number of nitrogens with one attached hydrogen (secondary N) is 2. The van der Waals surface area contributed by atoms with Gasteiger partial charge < -0.3 is 26.1 Å². The normalized spacial score (nSPS) is 16.9. The van der Waals surface area contributed by atoms with Crippen LogP contribution >= 0.6 is 0 Å². The van der Waals surface area contributed by atoms with Crippen LogP contribution < -0.4 is 16.5 Å². The van der Waals surface area contributed by atoms with Crippen LogP contribution in [0.5, 0.6) is 0 Å². The van der Waals surface area contributed by atoms with Crippen molar-refractivity contribution in [2.24, 2.45) is 0 Å². The lowest BCUT2D eigenvalue weighted by Gasteiger charge is -2.32. The number of anilines is 3. The highest BCUT2D eigenvalue weighted by Crippen LogP contribution is 2.22. The first kappa shape index (κ1) is 15.7. The van der Waals surface area contributed by atoms with Gasteiger partial charge in [0.25, 0.3) is 0 Å². The van der Waals surface area contributed by atoms with Gasteiger partial charge in [-0.15, -0.1) is 0 Å². The Morgan fingerprint density at radius 1 is 1.24 bits per heavy atom. The van der Waals surface area contributed by atoms with Crippen molar-refractivity contribution in [2.45, 2.75) is 6.42 Å². The van der Waals surface area contributed by atoms with Gasteiger partial charge in [-0.1, -0.05) is 0 Å². The van der Waals surface area contributed by atoms with Crippen molar-refractivity contribution in [2.75, 3.05) is 70.0 Å². The molecule has 1 fully saturated rings. The molecule has 0 spiro atoms. The van der Waals surface area contributed by atoms with Gasteiger partial charge in [-0.3, -0.25) is 0 Å². The van der Waals surface area contributed by atoms with Crippen molar-refractivity contribution in [3.05, 3.63) is 6.33 Å². The fraction of sp³-hybridized carbons (Fsp3) is 0.692. The maximum Gasteiger partial charge on any atom is 0.169 e. The smallest absolute Gasteiger partial charge is 0.169 e. The molecule has 0 aliphatic carbocycles. The van der Waals surface area contributed by atoms with Crippen molar-refractivity contribution in [3.8, 4) is 0 Å². The van der Waals surface area contributed by atoms with Crippen molar-refractivity contribution in [1.29, 1.82) is 0 Å². The Balaban J connectivity index is 1.90. The van der Waals surface area contributed by atoms with Crippen LogP contribution in [-0.4, -0.2) is 73.4 Å². The summed E-state index contributed by atoms with van der Waals surface area (Å²) in [6.07, 6.45) is 2.43. The quantitative estimate of drug-likeness (QED) is 0.609. The Bertz CT molecular complexity index is 435. The maximum atomic E-state index is 6.12. The van der Waals surface area contributed by atoms with Crippen molar-refractivity contribution in [3.63, 3.8) is 0 Å². The van der Waals surface area contributed by atoms with Gasteiger partial charge in [0.1, 0.15) is 12.0 Å². The first-order valence-electron chi connectivity index (χ1n) is 7.24. The Morgan fingerprint density at radius 3 is 2.67 bits per heavy atom. The molecule has 0 radical (unpaired) electrons. The summed E-state index contributed by atoms with van der Waals surface area (Å²) in [4.78, 5) is 10.7. The molecular weight excluding hydrogens is 270 g/mol. The summed E-state index contributed by atoms with van der Waals surface area (Å²) < 4.78 is 5.02. The fourth-order valence-corrected chi connectivity index (χ4v) is 2.12. The molecule has 0 saturated carbocycles. The number of nitrogens with zero attached hydrogens (tertiary/aromatic N) is 4. The third-order valence-electron chi connectivity index (χ3n) is 3.47. The number of ether oxygens (including phenoxy) is 1. The predicted molar refractivity (Wildman–Crippen MR) is 84.1 cm³/mol. The zero-order chi connectivity index (χ0) is 15.1. The first-order chi connectivity index (χ1) is 10.2. The summed E-state index contributed by atoms with van der Waals surface area (Å²) in [5.41, 5.74) is 9.95. The number of likely N-dealkylation sites (N-methyl/N-ethyl adjacent to an activating group) is 1. The second-order valence-corrected chi connectivity index (χ2v) is 5.16. The van der Waals surface area contributed by atoms with Crippen LogP contribution in [0.4, 0.5) is 17.3 Å². The highest BCUT2D eigenvalue weighted by atomic mass is 16.5. The number of rotatable bonds is 7. The Hall–Kier alpha value is -1.64. The van der Waals surface area contributed by atoms with Gasteiger partial charge in [0.05, 0.1) is 0 Å². The van der Waals surface area contributed by atoms with Gasteiger partial charge in [-0.25, -0.2) is 15.0 Å². The number of piperazine rings is 1. The Kier molecular flexibility index (Phi) is 5.97. The van der Waals surface area contributed by atoms with E-state index in [4.69, 9.17) is 10.5 Å². The molecule has 118 valence electrons. The molecule has 1 aromatic rings. The van der Waals surface area contributed by atoms with Crippen molar-refractivity contribution >= 4 is 17.3 Å². The van der Waals surface area contributed by atoms with E-state index in [1.807, 2.05) is 0 Å². The van der Waals surface area contributed by atoms with Crippen molar-refractivity contribution in [1.82, 2.24) is 19.9 Å². The molecular formula is C13H25N7O. The summed E-state index contributed by atoms with van der Waals surface area (Å²) >= 11 is 0. The van der Waals surface area contributed by atoms with Gasteiger partial charge in [0.2, 0.25) is 0 Å². The monoisotopic (exact) mass is 295 g/mol. The van der Waals surface area contributed by atoms with Crippen LogP contribution in [0.25, 0.3) is 0 Å². The molecule has 0 unspecified atom stereocenters. The van der Waals surface area contributed by atoms with E-state index in [0.717, 1.165) is 39.1 Å². The molecule has 4 N–H and O–H groups in total. The lowest BCUT2D eigenvalue weighted by Crippen LogP contribution is -2.47. The van der Waals surface area contributed by atoms with E-state index in [-0.39, 0.29) is 0 Å². The van der Waals surface area contributed by atoms with E-state index in [2.05, 4.69) is 37.7 Å². The number of aromatic nitrogens is 2. The zero-order valence-corrected chi connectivity index (χ0v) is 12.8. The fourth-order valence-electron chi connectivity index (χ4n) is 2.12. The van der Waals surface area contributed by atoms with Gasteiger partial charge in [-0.05, 0) is 13.5 Å². The predicted octanol–water partition coefficient (Wildman–Crippen LogP) is 0.0815. The maximum absolute atomic E-state index is 6.12. The van der Waals surface area contributed by atoms with Gasteiger partial charge in [0, 0.05) is 46.4 Å². The number of hydrogen-bond acceptors (Lipinski definition) is 8. The van der Waals surface area contributed by atoms with Gasteiger partial charge in [-0.2, -0.15) is 0 Å². The number of methoxy groups -OCH3 is 1. The topological polar surface area (TPSA) is 91.6 Å². The second kappa shape index (κ2) is 7.96. The van der Waals surface area contributed by atoms with Crippen LogP contribution in [-0.2, 0) is 4.74 Å². The number of nitrogens with two attached hydrogens (primary N) is 1. The number of hydrazine groups is 1. The molecule has 0 atom stereocenters. The summed E-state index contributed by atoms with van der Waals surface area (Å²) in [6.45, 7) is 5.42. The SMILES string of the molecule is COCCCNc1ncnc(NN2CCN(C)CC2)c1N. The lowest BCUT2D eigenvalue weighted by molar-refractivity contribution is 0.178. The average Bonchev–Trinajstić information content (AvgIpc) is 2.49. The average molecular weight is 295 g/mol. The largest absolute Gasteiger partial charge is 0.393 e. The lowest BCUT2D eigenvalue weighted by atomic mass is 10.3. The summed E-state index contributed by atoms with van der Waals surface area (Å²) in [6, 6.07) is 0. The molecule has 0 amide bonds. The van der Waals surface area contributed by atoms with Crippen molar-refractivity contribution < 1.29 is 4.74 Å². The molecule has 1 aliphatic rings. The van der Waals surface area contributed by atoms with Gasteiger partial charge in [0.15, 0.2) is 11.6 Å². The highest BCUT2D eigenvalue weighted by molar-refractivity contribution is 5.73. The molecule has 8 nitrogen and oxygen atoms in total. The van der Waals surface area contributed by atoms with E-state index in [1.165, 1.54) is 6.33 Å². The Morgan fingerprint density at radius 2 is 1.95 bits per heavy atom. The zero-order valence-electron chi connectivity index (χ0n) is 12.8. The van der Waals surface area contributed by atoms with E-state index < -0.39 is 0 Å². The molecule has 2 heterocycles. The molecule has 0 bridgehead atoms. The molecule has 8 heteroatoms. The third-order valence-corrected chi connectivity index (χ3v) is 3.47. The van der Waals surface area contributed by atoms with E-state index in [9.17, 15) is 0 Å². The van der Waals surface area contributed by atoms with Crippen LogP contribution in [0.1, 0.15) is 6.42 Å². The molecule has 1 aliphatic heterocycles. The summed E-state index contributed by atoms with van der Waals surface area (Å²) in [5, 5.41) is 5.34.